The smallest absolute Gasteiger partial charge is 0.319 e. The van der Waals surface area contributed by atoms with Gasteiger partial charge in [0, 0.05) is 0 Å². The normalized spacial score (nSPS) is 14.2. The van der Waals surface area contributed by atoms with Crippen molar-refractivity contribution < 1.29 is 22.0 Å². The number of rotatable bonds is 3. The molecule has 1 unspecified atom stereocenters. The zero-order chi connectivity index (χ0) is 12.5. The van der Waals surface area contributed by atoms with E-state index in [2.05, 4.69) is 0 Å². The summed E-state index contributed by atoms with van der Waals surface area (Å²) >= 11 is 0. The van der Waals surface area contributed by atoms with Crippen molar-refractivity contribution in [1.82, 2.24) is 0 Å². The molecule has 6 heteroatoms. The first-order chi connectivity index (χ1) is 7.26. The molecule has 0 saturated heterocycles. The summed E-state index contributed by atoms with van der Waals surface area (Å²) in [6, 6.07) is 0.790. The van der Waals surface area contributed by atoms with Crippen molar-refractivity contribution in [2.45, 2.75) is 25.3 Å². The van der Waals surface area contributed by atoms with E-state index in [0.29, 0.717) is 0 Å². The molecular weight excluding hydrogens is 229 g/mol. The van der Waals surface area contributed by atoms with Gasteiger partial charge in [0.15, 0.2) is 0 Å². The van der Waals surface area contributed by atoms with Crippen LogP contribution >= 0.6 is 0 Å². The van der Waals surface area contributed by atoms with Gasteiger partial charge in [0.2, 0.25) is 0 Å². The van der Waals surface area contributed by atoms with Crippen LogP contribution in [0.15, 0.2) is 18.2 Å². The molecule has 1 nitrogen and oxygen atoms in total. The summed E-state index contributed by atoms with van der Waals surface area (Å²) in [5, 5.41) is 0. The minimum atomic E-state index is -4.33. The Morgan fingerprint density at radius 1 is 1.25 bits per heavy atom. The van der Waals surface area contributed by atoms with E-state index in [0.717, 1.165) is 18.2 Å². The highest BCUT2D eigenvalue weighted by molar-refractivity contribution is 5.27. The van der Waals surface area contributed by atoms with E-state index in [1.54, 1.807) is 0 Å². The van der Waals surface area contributed by atoms with Crippen LogP contribution in [0.25, 0.3) is 0 Å². The Morgan fingerprint density at radius 3 is 2.25 bits per heavy atom. The van der Waals surface area contributed by atoms with Gasteiger partial charge in [-0.05, 0) is 24.1 Å². The second-order valence-corrected chi connectivity index (χ2v) is 3.46. The molecule has 0 amide bonds. The molecule has 0 fully saturated rings. The minimum Gasteiger partial charge on any atom is -0.319 e. The lowest BCUT2D eigenvalue weighted by Crippen LogP contribution is -2.39. The Kier molecular flexibility index (Phi) is 3.52. The van der Waals surface area contributed by atoms with Crippen molar-refractivity contribution in [2.75, 3.05) is 0 Å². The number of benzene rings is 1. The van der Waals surface area contributed by atoms with Gasteiger partial charge in [0.25, 0.3) is 0 Å². The van der Waals surface area contributed by atoms with E-state index in [1.807, 2.05) is 0 Å². The van der Waals surface area contributed by atoms with Gasteiger partial charge in [-0.3, -0.25) is 0 Å². The highest BCUT2D eigenvalue weighted by Crippen LogP contribution is 2.35. The number of hydrogen-bond donors (Lipinski definition) is 1. The molecule has 0 saturated carbocycles. The zero-order valence-electron chi connectivity index (χ0n) is 8.35. The van der Waals surface area contributed by atoms with Crippen LogP contribution in [0.1, 0.15) is 17.2 Å². The van der Waals surface area contributed by atoms with Crippen molar-refractivity contribution >= 4 is 0 Å². The van der Waals surface area contributed by atoms with Gasteiger partial charge >= 0.3 is 12.3 Å². The number of halogens is 5. The third-order valence-corrected chi connectivity index (χ3v) is 2.25. The number of alkyl halides is 4. The molecule has 1 aromatic rings. The SMILES string of the molecule is Cc1cc(C(N)C(F)(F)C(F)F)ccc1F. The van der Waals surface area contributed by atoms with Crippen LogP contribution < -0.4 is 5.73 Å². The second kappa shape index (κ2) is 4.37. The van der Waals surface area contributed by atoms with Crippen molar-refractivity contribution in [3.05, 3.63) is 35.1 Å². The topological polar surface area (TPSA) is 26.0 Å². The average Bonchev–Trinajstić information content (AvgIpc) is 2.20. The van der Waals surface area contributed by atoms with Gasteiger partial charge in [0.1, 0.15) is 11.9 Å². The number of nitrogens with two attached hydrogens (primary N) is 1. The highest BCUT2D eigenvalue weighted by atomic mass is 19.3. The predicted molar refractivity (Wildman–Crippen MR) is 49.0 cm³/mol. The van der Waals surface area contributed by atoms with Crippen molar-refractivity contribution in [1.29, 1.82) is 0 Å². The molecule has 0 aliphatic heterocycles. The monoisotopic (exact) mass is 239 g/mol. The van der Waals surface area contributed by atoms with Gasteiger partial charge in [-0.1, -0.05) is 12.1 Å². The molecule has 1 aromatic carbocycles. The molecule has 1 atom stereocenters. The molecular formula is C10H10F5N. The molecule has 0 aliphatic carbocycles. The largest absolute Gasteiger partial charge is 0.326 e. The molecule has 16 heavy (non-hydrogen) atoms. The van der Waals surface area contributed by atoms with Crippen LogP contribution in [0.4, 0.5) is 22.0 Å². The first-order valence-electron chi connectivity index (χ1n) is 4.44. The van der Waals surface area contributed by atoms with Crippen LogP contribution in [0.5, 0.6) is 0 Å². The van der Waals surface area contributed by atoms with Crippen molar-refractivity contribution in [2.24, 2.45) is 5.73 Å². The molecule has 0 heterocycles. The summed E-state index contributed by atoms with van der Waals surface area (Å²) in [6.07, 6.45) is -3.85. The van der Waals surface area contributed by atoms with Crippen LogP contribution in [0.2, 0.25) is 0 Å². The maximum atomic E-state index is 12.9. The molecule has 2 N–H and O–H groups in total. The fraction of sp³-hybridized carbons (Fsp3) is 0.400. The van der Waals surface area contributed by atoms with E-state index < -0.39 is 24.2 Å². The van der Waals surface area contributed by atoms with Gasteiger partial charge in [0.05, 0.1) is 0 Å². The van der Waals surface area contributed by atoms with Crippen molar-refractivity contribution in [3.8, 4) is 0 Å². The Labute approximate surface area is 89.1 Å². The third-order valence-electron chi connectivity index (χ3n) is 2.25. The molecule has 90 valence electrons. The molecule has 1 rings (SSSR count). The molecule has 0 aliphatic rings. The lowest BCUT2D eigenvalue weighted by Gasteiger charge is -2.23. The summed E-state index contributed by atoms with van der Waals surface area (Å²) in [7, 11) is 0. The van der Waals surface area contributed by atoms with Gasteiger partial charge in [-0.2, -0.15) is 8.78 Å². The Morgan fingerprint density at radius 2 is 1.81 bits per heavy atom. The summed E-state index contributed by atoms with van der Waals surface area (Å²) in [6.45, 7) is 1.34. The summed E-state index contributed by atoms with van der Waals surface area (Å²) in [5.74, 6) is -4.93. The standard InChI is InChI=1S/C10H10F5N/c1-5-4-6(2-3-7(5)11)8(16)10(14,15)9(12)13/h2-4,8-9H,16H2,1H3. The Balaban J connectivity index is 3.05. The van der Waals surface area contributed by atoms with Crippen LogP contribution in [-0.4, -0.2) is 12.3 Å². The summed E-state index contributed by atoms with van der Waals surface area (Å²) in [5.41, 5.74) is 4.90. The van der Waals surface area contributed by atoms with E-state index in [-0.39, 0.29) is 11.1 Å². The van der Waals surface area contributed by atoms with E-state index in [4.69, 9.17) is 5.73 Å². The van der Waals surface area contributed by atoms with Gasteiger partial charge in [-0.25, -0.2) is 13.2 Å². The van der Waals surface area contributed by atoms with E-state index in [9.17, 15) is 22.0 Å². The summed E-state index contributed by atoms with van der Waals surface area (Å²) < 4.78 is 62.7. The third kappa shape index (κ3) is 2.32. The maximum absolute atomic E-state index is 12.9. The summed E-state index contributed by atoms with van der Waals surface area (Å²) in [4.78, 5) is 0. The Hall–Kier alpha value is -1.17. The van der Waals surface area contributed by atoms with E-state index >= 15 is 0 Å². The molecule has 0 spiro atoms. The van der Waals surface area contributed by atoms with Crippen LogP contribution in [-0.2, 0) is 0 Å². The lowest BCUT2D eigenvalue weighted by molar-refractivity contribution is -0.144. The predicted octanol–water partition coefficient (Wildman–Crippen LogP) is 3.03. The second-order valence-electron chi connectivity index (χ2n) is 3.46. The Bertz CT molecular complexity index is 377. The average molecular weight is 239 g/mol. The minimum absolute atomic E-state index is 0.0815. The number of hydrogen-bond acceptors (Lipinski definition) is 1. The molecule has 0 bridgehead atoms. The zero-order valence-corrected chi connectivity index (χ0v) is 8.35. The fourth-order valence-corrected chi connectivity index (χ4v) is 1.22. The van der Waals surface area contributed by atoms with Crippen LogP contribution in [0, 0.1) is 12.7 Å². The highest BCUT2D eigenvalue weighted by Gasteiger charge is 2.47. The van der Waals surface area contributed by atoms with E-state index in [1.165, 1.54) is 6.92 Å². The lowest BCUT2D eigenvalue weighted by atomic mass is 10.00. The maximum Gasteiger partial charge on any atom is 0.326 e. The molecule has 0 radical (unpaired) electrons. The fourth-order valence-electron chi connectivity index (χ4n) is 1.22. The van der Waals surface area contributed by atoms with Crippen LogP contribution in [0.3, 0.4) is 0 Å². The van der Waals surface area contributed by atoms with Gasteiger partial charge < -0.3 is 5.73 Å². The van der Waals surface area contributed by atoms with Crippen molar-refractivity contribution in [3.63, 3.8) is 0 Å². The van der Waals surface area contributed by atoms with Gasteiger partial charge in [-0.15, -0.1) is 0 Å². The number of aryl methyl sites for hydroxylation is 1. The molecule has 0 aromatic heterocycles. The quantitative estimate of drug-likeness (QED) is 0.806. The first kappa shape index (κ1) is 12.9. The first-order valence-corrected chi connectivity index (χ1v) is 4.44.